The lowest BCUT2D eigenvalue weighted by atomic mass is 10.2. The van der Waals surface area contributed by atoms with Crippen LogP contribution in [0.3, 0.4) is 0 Å². The number of phosphoric acid groups is 1. The van der Waals surface area contributed by atoms with E-state index in [2.05, 4.69) is 5.32 Å². The van der Waals surface area contributed by atoms with E-state index in [9.17, 15) is 23.7 Å². The third kappa shape index (κ3) is 18.1. The summed E-state index contributed by atoms with van der Waals surface area (Å²) in [6, 6.07) is 24.3. The molecule has 288 valence electrons. The Morgan fingerprint density at radius 1 is 0.623 bits per heavy atom. The van der Waals surface area contributed by atoms with Crippen molar-refractivity contribution < 1.29 is 56.3 Å². The second kappa shape index (κ2) is 24.5. The lowest BCUT2D eigenvalue weighted by molar-refractivity contribution is -0.161. The van der Waals surface area contributed by atoms with Gasteiger partial charge in [0.2, 0.25) is 0 Å². The van der Waals surface area contributed by atoms with Gasteiger partial charge in [0, 0.05) is 12.8 Å². The number of phosphoric ester groups is 1. The van der Waals surface area contributed by atoms with Crippen molar-refractivity contribution in [2.45, 2.75) is 90.6 Å². The highest BCUT2D eigenvalue weighted by Crippen LogP contribution is 2.49. The Morgan fingerprint density at radius 3 is 1.74 bits per heavy atom. The third-order valence-electron chi connectivity index (χ3n) is 7.49. The SMILES string of the molecule is CCCCCC(=O)OC[C@H](COP(=O)(OC[C@H](NC(=O)OCc1ccccc1)C(=O)OCc1ccccc1)Oc1ccccc1)OC(=O)CCCCC. The van der Waals surface area contributed by atoms with Crippen LogP contribution in [0.1, 0.15) is 76.3 Å². The fraction of sp³-hybridized carbons (Fsp3) is 0.436. The van der Waals surface area contributed by atoms with Gasteiger partial charge in [-0.1, -0.05) is 118 Å². The van der Waals surface area contributed by atoms with E-state index in [1.165, 1.54) is 12.1 Å². The first-order valence-corrected chi connectivity index (χ1v) is 19.3. The Labute approximate surface area is 311 Å². The van der Waals surface area contributed by atoms with Crippen LogP contribution >= 0.6 is 7.82 Å². The molecule has 0 saturated carbocycles. The number of hydrogen-bond donors (Lipinski definition) is 1. The number of para-hydroxylation sites is 1. The van der Waals surface area contributed by atoms with Gasteiger partial charge in [-0.05, 0) is 36.1 Å². The zero-order valence-electron chi connectivity index (χ0n) is 30.4. The summed E-state index contributed by atoms with van der Waals surface area (Å²) in [5.74, 6) is -1.84. The molecule has 1 N–H and O–H groups in total. The van der Waals surface area contributed by atoms with Gasteiger partial charge in [-0.3, -0.25) is 18.6 Å². The molecule has 53 heavy (non-hydrogen) atoms. The summed E-state index contributed by atoms with van der Waals surface area (Å²) in [6.45, 7) is 2.17. The molecule has 3 aromatic carbocycles. The molecule has 0 heterocycles. The van der Waals surface area contributed by atoms with E-state index < -0.39 is 57.2 Å². The first kappa shape index (κ1) is 42.7. The molecule has 3 atom stereocenters. The van der Waals surface area contributed by atoms with Gasteiger partial charge in [-0.2, -0.15) is 0 Å². The van der Waals surface area contributed by atoms with Gasteiger partial charge >= 0.3 is 31.8 Å². The highest BCUT2D eigenvalue weighted by molar-refractivity contribution is 7.48. The number of benzene rings is 3. The van der Waals surface area contributed by atoms with Crippen LogP contribution in [0.25, 0.3) is 0 Å². The molecule has 0 bridgehead atoms. The summed E-state index contributed by atoms with van der Waals surface area (Å²) in [5.41, 5.74) is 1.40. The Hall–Kier alpha value is -4.71. The van der Waals surface area contributed by atoms with Crippen LogP contribution in [-0.2, 0) is 60.2 Å². The zero-order valence-corrected chi connectivity index (χ0v) is 31.2. The van der Waals surface area contributed by atoms with E-state index in [1.807, 2.05) is 26.0 Å². The number of ether oxygens (including phenoxy) is 4. The predicted molar refractivity (Wildman–Crippen MR) is 195 cm³/mol. The number of carbonyl (C=O) groups is 4. The van der Waals surface area contributed by atoms with E-state index in [-0.39, 0.29) is 38.4 Å². The van der Waals surface area contributed by atoms with Crippen molar-refractivity contribution in [3.63, 3.8) is 0 Å². The van der Waals surface area contributed by atoms with Gasteiger partial charge in [-0.25, -0.2) is 14.2 Å². The number of hydrogen-bond acceptors (Lipinski definition) is 12. The van der Waals surface area contributed by atoms with Crippen LogP contribution in [0.4, 0.5) is 4.79 Å². The van der Waals surface area contributed by atoms with Crippen LogP contribution in [0, 0.1) is 0 Å². The summed E-state index contributed by atoms with van der Waals surface area (Å²) in [6.07, 6.45) is 2.92. The maximum absolute atomic E-state index is 14.2. The molecule has 3 rings (SSSR count). The topological polar surface area (TPSA) is 162 Å². The molecule has 0 spiro atoms. The minimum atomic E-state index is -4.64. The van der Waals surface area contributed by atoms with Gasteiger partial charge in [0.25, 0.3) is 0 Å². The van der Waals surface area contributed by atoms with Crippen molar-refractivity contribution in [1.29, 1.82) is 0 Å². The van der Waals surface area contributed by atoms with Gasteiger partial charge in [0.05, 0.1) is 6.61 Å². The number of amides is 1. The Balaban J connectivity index is 1.76. The molecule has 13 nitrogen and oxygen atoms in total. The van der Waals surface area contributed by atoms with E-state index >= 15 is 0 Å². The van der Waals surface area contributed by atoms with Gasteiger partial charge in [0.1, 0.15) is 32.2 Å². The maximum atomic E-state index is 14.2. The summed E-state index contributed by atoms with van der Waals surface area (Å²) >= 11 is 0. The molecule has 0 radical (unpaired) electrons. The van der Waals surface area contributed by atoms with Crippen molar-refractivity contribution in [1.82, 2.24) is 5.32 Å². The van der Waals surface area contributed by atoms with Gasteiger partial charge in [-0.15, -0.1) is 0 Å². The average molecular weight is 756 g/mol. The standard InChI is InChI=1S/C39H50NO12P/c1-3-5-10-24-36(41)46-28-34(51-37(42)25-11-6-4-2)29-49-53(45,52-33-22-16-9-17-23-33)50-30-35(38(43)47-26-31-18-12-7-13-19-31)40-39(44)48-27-32-20-14-8-15-21-32/h7-9,12-23,34-35H,3-6,10-11,24-30H2,1-2H3,(H,40,44)/t34-,35+,53?/m1/s1. The van der Waals surface area contributed by atoms with E-state index in [4.69, 9.17) is 32.5 Å². The first-order chi connectivity index (χ1) is 25.7. The van der Waals surface area contributed by atoms with E-state index in [1.54, 1.807) is 66.7 Å². The molecule has 0 aromatic heterocycles. The van der Waals surface area contributed by atoms with Crippen LogP contribution in [0.15, 0.2) is 91.0 Å². The lowest BCUT2D eigenvalue weighted by Gasteiger charge is -2.24. The summed E-state index contributed by atoms with van der Waals surface area (Å²) in [5, 5.41) is 2.41. The van der Waals surface area contributed by atoms with Crippen molar-refractivity contribution in [3.8, 4) is 5.75 Å². The summed E-state index contributed by atoms with van der Waals surface area (Å²) in [4.78, 5) is 51.1. The number of alkyl carbamates (subject to hydrolysis) is 1. The van der Waals surface area contributed by atoms with E-state index in [0.29, 0.717) is 24.0 Å². The van der Waals surface area contributed by atoms with Crippen LogP contribution < -0.4 is 9.84 Å². The largest absolute Gasteiger partial charge is 0.530 e. The minimum Gasteiger partial charge on any atom is -0.462 e. The molecule has 14 heteroatoms. The number of nitrogens with one attached hydrogen (secondary N) is 1. The second-order valence-corrected chi connectivity index (χ2v) is 13.6. The minimum absolute atomic E-state index is 0.0836. The smallest absolute Gasteiger partial charge is 0.462 e. The zero-order chi connectivity index (χ0) is 38.2. The molecular formula is C39H50NO12P. The highest BCUT2D eigenvalue weighted by Gasteiger charge is 2.35. The molecule has 1 unspecified atom stereocenters. The molecular weight excluding hydrogens is 705 g/mol. The quantitative estimate of drug-likeness (QED) is 0.0386. The Bertz CT molecular complexity index is 1560. The molecule has 3 aromatic rings. The highest BCUT2D eigenvalue weighted by atomic mass is 31.2. The number of esters is 3. The number of unbranched alkanes of at least 4 members (excludes halogenated alkanes) is 4. The van der Waals surface area contributed by atoms with Crippen molar-refractivity contribution in [2.75, 3.05) is 19.8 Å². The van der Waals surface area contributed by atoms with Crippen LogP contribution in [0.2, 0.25) is 0 Å². The normalized spacial score (nSPS) is 13.1. The van der Waals surface area contributed by atoms with Crippen LogP contribution in [-0.4, -0.2) is 56.0 Å². The molecule has 0 aliphatic carbocycles. The van der Waals surface area contributed by atoms with Crippen molar-refractivity contribution in [2.24, 2.45) is 0 Å². The molecule has 0 aliphatic rings. The van der Waals surface area contributed by atoms with Crippen molar-refractivity contribution >= 4 is 31.8 Å². The molecule has 1 amide bonds. The average Bonchev–Trinajstić information content (AvgIpc) is 3.17. The Morgan fingerprint density at radius 2 is 1.15 bits per heavy atom. The lowest BCUT2D eigenvalue weighted by Crippen LogP contribution is -2.45. The fourth-order valence-corrected chi connectivity index (χ4v) is 5.84. The third-order valence-corrected chi connectivity index (χ3v) is 8.85. The van der Waals surface area contributed by atoms with Crippen LogP contribution in [0.5, 0.6) is 5.75 Å². The van der Waals surface area contributed by atoms with Gasteiger partial charge < -0.3 is 28.8 Å². The number of carbonyl (C=O) groups excluding carboxylic acids is 4. The van der Waals surface area contributed by atoms with Crippen molar-refractivity contribution in [3.05, 3.63) is 102 Å². The Kier molecular flexibility index (Phi) is 19.8. The number of rotatable bonds is 25. The fourth-order valence-electron chi connectivity index (χ4n) is 4.60. The summed E-state index contributed by atoms with van der Waals surface area (Å²) < 4.78 is 52.8. The van der Waals surface area contributed by atoms with E-state index in [0.717, 1.165) is 25.7 Å². The monoisotopic (exact) mass is 755 g/mol. The van der Waals surface area contributed by atoms with Gasteiger partial charge in [0.15, 0.2) is 12.1 Å². The first-order valence-electron chi connectivity index (χ1n) is 17.9. The maximum Gasteiger partial charge on any atom is 0.530 e. The second-order valence-electron chi connectivity index (χ2n) is 12.0. The molecule has 0 aliphatic heterocycles. The molecule has 0 fully saturated rings. The molecule has 0 saturated heterocycles. The summed E-state index contributed by atoms with van der Waals surface area (Å²) in [7, 11) is -4.64. The predicted octanol–water partition coefficient (Wildman–Crippen LogP) is 7.86.